The largest absolute Gasteiger partial charge is 0.346 e. The smallest absolute Gasteiger partial charge is 0.227 e. The van der Waals surface area contributed by atoms with Gasteiger partial charge in [0.05, 0.1) is 6.42 Å². The molecule has 5 nitrogen and oxygen atoms in total. The van der Waals surface area contributed by atoms with E-state index in [4.69, 9.17) is 0 Å². The van der Waals surface area contributed by atoms with Crippen molar-refractivity contribution in [3.63, 3.8) is 0 Å². The molecule has 2 aliphatic heterocycles. The van der Waals surface area contributed by atoms with Gasteiger partial charge in [0.15, 0.2) is 0 Å². The summed E-state index contributed by atoms with van der Waals surface area (Å²) in [6.07, 6.45) is 8.83. The van der Waals surface area contributed by atoms with Crippen LogP contribution in [0.4, 0.5) is 0 Å². The third-order valence-electron chi connectivity index (χ3n) is 5.27. The Hall–Kier alpha value is -1.88. The fraction of sp³-hybridized carbons (Fsp3) is 0.529. The average Bonchev–Trinajstić information content (AvgIpc) is 3.10. The van der Waals surface area contributed by atoms with Crippen LogP contribution < -0.4 is 5.32 Å². The van der Waals surface area contributed by atoms with E-state index in [1.54, 1.807) is 6.20 Å². The van der Waals surface area contributed by atoms with E-state index in [1.165, 1.54) is 12.8 Å². The van der Waals surface area contributed by atoms with Crippen LogP contribution in [0.3, 0.4) is 0 Å². The predicted octanol–water partition coefficient (Wildman–Crippen LogP) is 1.85. The van der Waals surface area contributed by atoms with Crippen molar-refractivity contribution in [2.24, 2.45) is 0 Å². The molecule has 0 aliphatic carbocycles. The van der Waals surface area contributed by atoms with E-state index >= 15 is 0 Å². The Bertz CT molecular complexity index is 683. The zero-order chi connectivity index (χ0) is 15.1. The number of carbonyl (C=O) groups is 1. The van der Waals surface area contributed by atoms with Gasteiger partial charge in [0.1, 0.15) is 5.65 Å². The molecule has 2 atom stereocenters. The number of H-pyrrole nitrogens is 1. The fourth-order valence-corrected chi connectivity index (χ4v) is 3.99. The number of rotatable bonds is 3. The molecule has 4 rings (SSSR count). The summed E-state index contributed by atoms with van der Waals surface area (Å²) < 4.78 is 0. The molecule has 0 spiro atoms. The Labute approximate surface area is 130 Å². The van der Waals surface area contributed by atoms with Crippen molar-refractivity contribution in [1.29, 1.82) is 0 Å². The standard InChI is InChI=1S/C17H22N4O/c1-21(14-8-12-4-5-13(9-14)20-12)16(22)7-11-10-19-17-15(11)3-2-6-18-17/h2-3,6,10,12-14,20H,4-5,7-9H2,1H3,(H,18,19). The van der Waals surface area contributed by atoms with E-state index in [2.05, 4.69) is 15.3 Å². The summed E-state index contributed by atoms with van der Waals surface area (Å²) in [5.41, 5.74) is 1.89. The highest BCUT2D eigenvalue weighted by atomic mass is 16.2. The van der Waals surface area contributed by atoms with E-state index in [-0.39, 0.29) is 5.91 Å². The summed E-state index contributed by atoms with van der Waals surface area (Å²) in [6, 6.07) is 5.53. The topological polar surface area (TPSA) is 61.0 Å². The minimum Gasteiger partial charge on any atom is -0.346 e. The molecule has 2 aromatic rings. The second kappa shape index (κ2) is 5.39. The van der Waals surface area contributed by atoms with Gasteiger partial charge in [-0.1, -0.05) is 0 Å². The van der Waals surface area contributed by atoms with Crippen molar-refractivity contribution < 1.29 is 4.79 Å². The quantitative estimate of drug-likeness (QED) is 0.909. The van der Waals surface area contributed by atoms with Crippen LogP contribution in [0.15, 0.2) is 24.5 Å². The van der Waals surface area contributed by atoms with Crippen molar-refractivity contribution in [2.75, 3.05) is 7.05 Å². The van der Waals surface area contributed by atoms with Crippen molar-refractivity contribution in [3.8, 4) is 0 Å². The highest BCUT2D eigenvalue weighted by Gasteiger charge is 2.36. The van der Waals surface area contributed by atoms with Gasteiger partial charge in [0.2, 0.25) is 5.91 Å². The van der Waals surface area contributed by atoms with Crippen LogP contribution in [-0.4, -0.2) is 45.9 Å². The number of hydrogen-bond donors (Lipinski definition) is 2. The third-order valence-corrected chi connectivity index (χ3v) is 5.27. The second-order valence-electron chi connectivity index (χ2n) is 6.66. The lowest BCUT2D eigenvalue weighted by molar-refractivity contribution is -0.131. The molecule has 0 radical (unpaired) electrons. The number of carbonyl (C=O) groups excluding carboxylic acids is 1. The number of aromatic nitrogens is 2. The Morgan fingerprint density at radius 2 is 2.14 bits per heavy atom. The number of nitrogens with zero attached hydrogens (tertiary/aromatic N) is 2. The number of aromatic amines is 1. The number of piperidine rings is 1. The lowest BCUT2D eigenvalue weighted by atomic mass is 9.98. The first kappa shape index (κ1) is 13.8. The van der Waals surface area contributed by atoms with Gasteiger partial charge >= 0.3 is 0 Å². The van der Waals surface area contributed by atoms with Crippen molar-refractivity contribution in [2.45, 2.75) is 50.2 Å². The monoisotopic (exact) mass is 298 g/mol. The maximum atomic E-state index is 12.7. The molecule has 1 amide bonds. The fourth-order valence-electron chi connectivity index (χ4n) is 3.99. The zero-order valence-electron chi connectivity index (χ0n) is 12.9. The van der Waals surface area contributed by atoms with Gasteiger partial charge in [-0.3, -0.25) is 4.79 Å². The second-order valence-corrected chi connectivity index (χ2v) is 6.66. The van der Waals surface area contributed by atoms with Crippen LogP contribution in [0.25, 0.3) is 11.0 Å². The number of pyridine rings is 1. The highest BCUT2D eigenvalue weighted by molar-refractivity contribution is 5.87. The number of likely N-dealkylation sites (N-methyl/N-ethyl adjacent to an activating group) is 1. The van der Waals surface area contributed by atoms with Crippen LogP contribution in [0.1, 0.15) is 31.2 Å². The third kappa shape index (κ3) is 2.39. The molecule has 2 saturated heterocycles. The molecule has 2 unspecified atom stereocenters. The van der Waals surface area contributed by atoms with Gasteiger partial charge in [0.25, 0.3) is 0 Å². The summed E-state index contributed by atoms with van der Waals surface area (Å²) in [5, 5.41) is 4.68. The molecular formula is C17H22N4O. The zero-order valence-corrected chi connectivity index (χ0v) is 12.9. The van der Waals surface area contributed by atoms with Gasteiger partial charge in [-0.05, 0) is 43.4 Å². The predicted molar refractivity (Wildman–Crippen MR) is 85.5 cm³/mol. The summed E-state index contributed by atoms with van der Waals surface area (Å²) in [7, 11) is 1.96. The highest BCUT2D eigenvalue weighted by Crippen LogP contribution is 2.29. The first-order valence-corrected chi connectivity index (χ1v) is 8.13. The van der Waals surface area contributed by atoms with Gasteiger partial charge in [-0.25, -0.2) is 4.98 Å². The summed E-state index contributed by atoms with van der Waals surface area (Å²) in [5.74, 6) is 0.205. The molecule has 2 fully saturated rings. The molecule has 2 bridgehead atoms. The molecule has 2 N–H and O–H groups in total. The molecule has 5 heteroatoms. The number of nitrogens with one attached hydrogen (secondary N) is 2. The molecule has 4 heterocycles. The minimum absolute atomic E-state index is 0.205. The minimum atomic E-state index is 0.205. The lowest BCUT2D eigenvalue weighted by Gasteiger charge is -2.35. The first-order chi connectivity index (χ1) is 10.7. The van der Waals surface area contributed by atoms with E-state index in [0.717, 1.165) is 29.4 Å². The SMILES string of the molecule is CN(C(=O)Cc1c[nH]c2ncccc12)C1CC2CCC(C1)N2. The van der Waals surface area contributed by atoms with Gasteiger partial charge in [0, 0.05) is 43.0 Å². The average molecular weight is 298 g/mol. The molecular weight excluding hydrogens is 276 g/mol. The number of hydrogen-bond acceptors (Lipinski definition) is 3. The van der Waals surface area contributed by atoms with Gasteiger partial charge in [-0.15, -0.1) is 0 Å². The normalized spacial score (nSPS) is 27.2. The summed E-state index contributed by atoms with van der Waals surface area (Å²) >= 11 is 0. The van der Waals surface area contributed by atoms with Crippen molar-refractivity contribution in [3.05, 3.63) is 30.1 Å². The molecule has 116 valence electrons. The molecule has 2 aliphatic rings. The summed E-state index contributed by atoms with van der Waals surface area (Å²) in [4.78, 5) is 22.1. The Balaban J connectivity index is 1.47. The van der Waals surface area contributed by atoms with Crippen molar-refractivity contribution >= 4 is 16.9 Å². The Kier molecular flexibility index (Phi) is 3.37. The van der Waals surface area contributed by atoms with Crippen LogP contribution in [0.2, 0.25) is 0 Å². The van der Waals surface area contributed by atoms with Crippen LogP contribution in [0.5, 0.6) is 0 Å². The Morgan fingerprint density at radius 1 is 1.36 bits per heavy atom. The Morgan fingerprint density at radius 3 is 2.91 bits per heavy atom. The van der Waals surface area contributed by atoms with Crippen LogP contribution in [-0.2, 0) is 11.2 Å². The van der Waals surface area contributed by atoms with E-state index < -0.39 is 0 Å². The van der Waals surface area contributed by atoms with Gasteiger partial charge in [-0.2, -0.15) is 0 Å². The number of amides is 1. The summed E-state index contributed by atoms with van der Waals surface area (Å²) in [6.45, 7) is 0. The van der Waals surface area contributed by atoms with E-state index in [9.17, 15) is 4.79 Å². The van der Waals surface area contributed by atoms with Crippen molar-refractivity contribution in [1.82, 2.24) is 20.2 Å². The number of fused-ring (bicyclic) bond motifs is 3. The lowest BCUT2D eigenvalue weighted by Crippen LogP contribution is -2.49. The van der Waals surface area contributed by atoms with Crippen LogP contribution >= 0.6 is 0 Å². The maximum Gasteiger partial charge on any atom is 0.227 e. The van der Waals surface area contributed by atoms with E-state index in [0.29, 0.717) is 24.5 Å². The maximum absolute atomic E-state index is 12.7. The molecule has 0 aromatic carbocycles. The first-order valence-electron chi connectivity index (χ1n) is 8.13. The van der Waals surface area contributed by atoms with Crippen LogP contribution in [0, 0.1) is 0 Å². The molecule has 2 aromatic heterocycles. The van der Waals surface area contributed by atoms with E-state index in [1.807, 2.05) is 30.3 Å². The molecule has 0 saturated carbocycles. The van der Waals surface area contributed by atoms with Gasteiger partial charge < -0.3 is 15.2 Å². The molecule has 22 heavy (non-hydrogen) atoms.